The highest BCUT2D eigenvalue weighted by atomic mass is 32.1. The quantitative estimate of drug-likeness (QED) is 0.695. The summed E-state index contributed by atoms with van der Waals surface area (Å²) in [6.45, 7) is 7.01. The number of aromatic nitrogens is 1. The van der Waals surface area contributed by atoms with Crippen LogP contribution in [0.5, 0.6) is 0 Å². The molecule has 2 aliphatic heterocycles. The standard InChI is InChI=1S/C23H22N4O2S/c1-4-15-5-7-16(8-6-15)26-11-24-23-27(12-26)22(29)20(30-23)18-17-10-13(2)9-14(3)19(17)25-21(18)28/h5-10H,4,11-12H2,1-3H3,(H,25,28)/b20-18+. The van der Waals surface area contributed by atoms with Crippen molar-refractivity contribution in [1.82, 2.24) is 4.57 Å². The van der Waals surface area contributed by atoms with Crippen molar-refractivity contribution in [3.8, 4) is 0 Å². The van der Waals surface area contributed by atoms with Gasteiger partial charge in [0, 0.05) is 11.3 Å². The van der Waals surface area contributed by atoms with Gasteiger partial charge in [-0.05, 0) is 49.6 Å². The van der Waals surface area contributed by atoms with E-state index in [9.17, 15) is 9.59 Å². The van der Waals surface area contributed by atoms with Crippen LogP contribution in [0.25, 0.3) is 5.57 Å². The highest BCUT2D eigenvalue weighted by Gasteiger charge is 2.29. The van der Waals surface area contributed by atoms with Crippen molar-refractivity contribution in [2.75, 3.05) is 16.9 Å². The largest absolute Gasteiger partial charge is 0.334 e. The lowest BCUT2D eigenvalue weighted by atomic mass is 10.0. The Balaban J connectivity index is 1.62. The van der Waals surface area contributed by atoms with E-state index in [0.717, 1.165) is 34.5 Å². The summed E-state index contributed by atoms with van der Waals surface area (Å²) in [6.07, 6.45) is 0.989. The second kappa shape index (κ2) is 6.95. The molecule has 2 aromatic carbocycles. The number of anilines is 2. The number of carbonyl (C=O) groups excluding carboxylic acids is 1. The Bertz CT molecular complexity index is 1370. The molecule has 30 heavy (non-hydrogen) atoms. The van der Waals surface area contributed by atoms with Crippen molar-refractivity contribution in [1.29, 1.82) is 0 Å². The van der Waals surface area contributed by atoms with Crippen LogP contribution >= 0.6 is 11.3 Å². The predicted octanol–water partition coefficient (Wildman–Crippen LogP) is 2.29. The summed E-state index contributed by atoms with van der Waals surface area (Å²) in [7, 11) is 0. The summed E-state index contributed by atoms with van der Waals surface area (Å²) < 4.78 is 2.12. The van der Waals surface area contributed by atoms with E-state index >= 15 is 0 Å². The molecule has 1 aromatic heterocycles. The van der Waals surface area contributed by atoms with Crippen LogP contribution in [0.3, 0.4) is 0 Å². The molecular formula is C23H22N4O2S. The molecule has 0 aliphatic carbocycles. The van der Waals surface area contributed by atoms with Crippen molar-refractivity contribution >= 4 is 34.2 Å². The molecule has 0 bridgehead atoms. The van der Waals surface area contributed by atoms with Gasteiger partial charge in [-0.2, -0.15) is 0 Å². The maximum absolute atomic E-state index is 13.3. The third-order valence-corrected chi connectivity index (χ3v) is 6.82. The van der Waals surface area contributed by atoms with Gasteiger partial charge in [0.15, 0.2) is 4.80 Å². The van der Waals surface area contributed by atoms with E-state index in [4.69, 9.17) is 0 Å². The molecule has 5 rings (SSSR count). The number of rotatable bonds is 2. The molecule has 2 aliphatic rings. The lowest BCUT2D eigenvalue weighted by molar-refractivity contribution is -0.110. The number of nitrogens with zero attached hydrogens (tertiary/aromatic N) is 3. The Morgan fingerprint density at radius 2 is 1.90 bits per heavy atom. The fourth-order valence-corrected chi connectivity index (χ4v) is 5.18. The van der Waals surface area contributed by atoms with E-state index in [1.54, 1.807) is 4.57 Å². The number of hydrogen-bond acceptors (Lipinski definition) is 5. The molecule has 7 heteroatoms. The van der Waals surface area contributed by atoms with Gasteiger partial charge in [0.05, 0.1) is 11.3 Å². The number of benzene rings is 2. The lowest BCUT2D eigenvalue weighted by Gasteiger charge is -2.25. The third kappa shape index (κ3) is 2.89. The van der Waals surface area contributed by atoms with Crippen LogP contribution in [0.2, 0.25) is 0 Å². The minimum absolute atomic E-state index is 0.161. The molecule has 0 radical (unpaired) electrons. The van der Waals surface area contributed by atoms with Crippen LogP contribution in [0.15, 0.2) is 46.2 Å². The smallest absolute Gasteiger partial charge is 0.272 e. The van der Waals surface area contributed by atoms with Gasteiger partial charge in [-0.3, -0.25) is 14.2 Å². The van der Waals surface area contributed by atoms with E-state index in [2.05, 4.69) is 46.4 Å². The molecule has 0 saturated heterocycles. The second-order valence-corrected chi connectivity index (χ2v) is 8.76. The van der Waals surface area contributed by atoms with Crippen molar-refractivity contribution < 1.29 is 4.79 Å². The Hall–Kier alpha value is -3.19. The Morgan fingerprint density at radius 1 is 1.13 bits per heavy atom. The summed E-state index contributed by atoms with van der Waals surface area (Å²) in [5.74, 6) is -0.220. The number of aryl methyl sites for hydroxylation is 3. The highest BCUT2D eigenvalue weighted by Crippen LogP contribution is 2.33. The number of nitrogens with one attached hydrogen (secondary N) is 1. The molecule has 152 valence electrons. The van der Waals surface area contributed by atoms with Crippen LogP contribution in [-0.2, 0) is 17.9 Å². The first-order valence-corrected chi connectivity index (χ1v) is 10.8. The van der Waals surface area contributed by atoms with E-state index in [1.165, 1.54) is 16.9 Å². The monoisotopic (exact) mass is 418 g/mol. The number of amides is 1. The Kier molecular flexibility index (Phi) is 4.36. The lowest BCUT2D eigenvalue weighted by Crippen LogP contribution is -2.43. The maximum Gasteiger partial charge on any atom is 0.272 e. The highest BCUT2D eigenvalue weighted by molar-refractivity contribution is 7.07. The van der Waals surface area contributed by atoms with Gasteiger partial charge in [0.2, 0.25) is 0 Å². The van der Waals surface area contributed by atoms with Gasteiger partial charge >= 0.3 is 0 Å². The molecule has 6 nitrogen and oxygen atoms in total. The summed E-state index contributed by atoms with van der Waals surface area (Å²) in [5, 5.41) is 2.94. The molecule has 3 aromatic rings. The van der Waals surface area contributed by atoms with Gasteiger partial charge in [-0.15, -0.1) is 0 Å². The maximum atomic E-state index is 13.3. The first-order chi connectivity index (χ1) is 14.5. The Labute approximate surface area is 177 Å². The molecule has 0 atom stereocenters. The zero-order chi connectivity index (χ0) is 21.0. The number of fused-ring (bicyclic) bond motifs is 2. The average molecular weight is 419 g/mol. The minimum Gasteiger partial charge on any atom is -0.334 e. The number of carbonyl (C=O) groups is 1. The normalized spacial score (nSPS) is 16.8. The van der Waals surface area contributed by atoms with E-state index in [-0.39, 0.29) is 11.5 Å². The SMILES string of the molecule is CCc1ccc(N2CN=c3s/c(=C4/C(=O)Nc5c(C)cc(C)cc54)c(=O)n3C2)cc1. The van der Waals surface area contributed by atoms with E-state index in [0.29, 0.717) is 28.2 Å². The minimum atomic E-state index is -0.220. The van der Waals surface area contributed by atoms with Crippen LogP contribution in [0, 0.1) is 13.8 Å². The zero-order valence-corrected chi connectivity index (χ0v) is 18.0. The summed E-state index contributed by atoms with van der Waals surface area (Å²) in [6, 6.07) is 12.3. The predicted molar refractivity (Wildman–Crippen MR) is 120 cm³/mol. The van der Waals surface area contributed by atoms with Gasteiger partial charge in [-0.25, -0.2) is 4.99 Å². The molecule has 1 amide bonds. The van der Waals surface area contributed by atoms with Gasteiger partial charge in [0.25, 0.3) is 11.5 Å². The van der Waals surface area contributed by atoms with Gasteiger partial charge in [-0.1, -0.05) is 42.0 Å². The van der Waals surface area contributed by atoms with Gasteiger partial charge < -0.3 is 10.2 Å². The second-order valence-electron chi connectivity index (χ2n) is 7.78. The van der Waals surface area contributed by atoms with E-state index in [1.807, 2.05) is 26.0 Å². The molecule has 0 unspecified atom stereocenters. The Morgan fingerprint density at radius 3 is 2.63 bits per heavy atom. The molecular weight excluding hydrogens is 396 g/mol. The molecule has 1 N–H and O–H groups in total. The average Bonchev–Trinajstić information content (AvgIpc) is 3.24. The fraction of sp³-hybridized carbons (Fsp3) is 0.261. The summed E-state index contributed by atoms with van der Waals surface area (Å²) in [4.78, 5) is 33.4. The summed E-state index contributed by atoms with van der Waals surface area (Å²) >= 11 is 1.30. The van der Waals surface area contributed by atoms with Crippen molar-refractivity contribution in [3.05, 3.63) is 78.3 Å². The topological polar surface area (TPSA) is 66.7 Å². The zero-order valence-electron chi connectivity index (χ0n) is 17.2. The molecule has 0 saturated carbocycles. The van der Waals surface area contributed by atoms with Crippen LogP contribution in [0.4, 0.5) is 11.4 Å². The van der Waals surface area contributed by atoms with Crippen molar-refractivity contribution in [2.45, 2.75) is 33.9 Å². The van der Waals surface area contributed by atoms with Crippen LogP contribution in [-0.4, -0.2) is 17.1 Å². The summed E-state index contributed by atoms with van der Waals surface area (Å²) in [5.41, 5.74) is 6.27. The van der Waals surface area contributed by atoms with Crippen LogP contribution in [0.1, 0.15) is 29.2 Å². The van der Waals surface area contributed by atoms with E-state index < -0.39 is 0 Å². The van der Waals surface area contributed by atoms with Crippen LogP contribution < -0.4 is 25.1 Å². The van der Waals surface area contributed by atoms with Gasteiger partial charge in [0.1, 0.15) is 17.9 Å². The first-order valence-electron chi connectivity index (χ1n) is 10.0. The number of hydrogen-bond donors (Lipinski definition) is 1. The van der Waals surface area contributed by atoms with Crippen molar-refractivity contribution in [2.24, 2.45) is 4.99 Å². The fourth-order valence-electron chi connectivity index (χ4n) is 4.12. The first kappa shape index (κ1) is 18.8. The van der Waals surface area contributed by atoms with Crippen molar-refractivity contribution in [3.63, 3.8) is 0 Å². The molecule has 0 fully saturated rings. The molecule has 0 spiro atoms. The number of thiazole rings is 1. The molecule has 3 heterocycles. The third-order valence-electron chi connectivity index (χ3n) is 5.70.